The Morgan fingerprint density at radius 2 is 2.07 bits per heavy atom. The van der Waals surface area contributed by atoms with Crippen molar-refractivity contribution >= 4 is 5.97 Å². The highest BCUT2D eigenvalue weighted by Crippen LogP contribution is 2.24. The minimum absolute atomic E-state index is 0.229. The summed E-state index contributed by atoms with van der Waals surface area (Å²) in [5.41, 5.74) is 0. The predicted molar refractivity (Wildman–Crippen MR) is 57.8 cm³/mol. The molecule has 1 heterocycles. The monoisotopic (exact) mass is 212 g/mol. The van der Waals surface area contributed by atoms with Gasteiger partial charge in [0.25, 0.3) is 0 Å². The number of aliphatic carboxylic acids is 1. The van der Waals surface area contributed by atoms with E-state index in [1.165, 1.54) is 25.7 Å². The highest BCUT2D eigenvalue weighted by molar-refractivity contribution is 5.70. The Bertz CT molecular complexity index is 227. The van der Waals surface area contributed by atoms with Gasteiger partial charge in [-0.25, -0.2) is 0 Å². The number of carboxylic acid groups (broad SMARTS) is 1. The van der Waals surface area contributed by atoms with Gasteiger partial charge in [-0.2, -0.15) is 0 Å². The van der Waals surface area contributed by atoms with Gasteiger partial charge in [0.1, 0.15) is 0 Å². The van der Waals surface area contributed by atoms with Crippen LogP contribution in [0.4, 0.5) is 0 Å². The van der Waals surface area contributed by atoms with Gasteiger partial charge in [-0.15, -0.1) is 0 Å². The molecule has 1 aliphatic heterocycles. The lowest BCUT2D eigenvalue weighted by Gasteiger charge is -2.28. The van der Waals surface area contributed by atoms with Gasteiger partial charge in [-0.05, 0) is 12.8 Å². The first-order valence-corrected chi connectivity index (χ1v) is 5.95. The molecule has 86 valence electrons. The first kappa shape index (κ1) is 10.9. The molecule has 15 heavy (non-hydrogen) atoms. The molecule has 2 aliphatic rings. The highest BCUT2D eigenvalue weighted by Gasteiger charge is 2.29. The van der Waals surface area contributed by atoms with Crippen LogP contribution < -0.4 is 5.32 Å². The normalized spacial score (nSPS) is 30.3. The Morgan fingerprint density at radius 3 is 2.73 bits per heavy atom. The van der Waals surface area contributed by atoms with E-state index in [0.29, 0.717) is 12.6 Å². The Labute approximate surface area is 90.6 Å². The van der Waals surface area contributed by atoms with Crippen molar-refractivity contribution in [1.29, 1.82) is 0 Å². The van der Waals surface area contributed by atoms with Crippen molar-refractivity contribution in [1.82, 2.24) is 10.2 Å². The van der Waals surface area contributed by atoms with Crippen molar-refractivity contribution in [3.8, 4) is 0 Å². The van der Waals surface area contributed by atoms with E-state index in [1.54, 1.807) is 0 Å². The van der Waals surface area contributed by atoms with E-state index in [-0.39, 0.29) is 5.92 Å². The Kier molecular flexibility index (Phi) is 3.59. The van der Waals surface area contributed by atoms with Gasteiger partial charge in [0.05, 0.1) is 5.92 Å². The van der Waals surface area contributed by atoms with Gasteiger partial charge >= 0.3 is 5.97 Å². The molecule has 0 aromatic heterocycles. The van der Waals surface area contributed by atoms with Crippen LogP contribution in [0.3, 0.4) is 0 Å². The third-order valence-corrected chi connectivity index (χ3v) is 3.61. The maximum atomic E-state index is 11.0. The van der Waals surface area contributed by atoms with Crippen molar-refractivity contribution in [3.05, 3.63) is 0 Å². The minimum atomic E-state index is -0.660. The van der Waals surface area contributed by atoms with Gasteiger partial charge in [-0.1, -0.05) is 12.8 Å². The summed E-state index contributed by atoms with van der Waals surface area (Å²) in [6, 6.07) is 0.645. The smallest absolute Gasteiger partial charge is 0.309 e. The maximum absolute atomic E-state index is 11.0. The molecule has 2 N–H and O–H groups in total. The van der Waals surface area contributed by atoms with Crippen LogP contribution in [0.2, 0.25) is 0 Å². The van der Waals surface area contributed by atoms with Gasteiger partial charge in [0.2, 0.25) is 0 Å². The summed E-state index contributed by atoms with van der Waals surface area (Å²) in [6.45, 7) is 3.29. The molecule has 0 spiro atoms. The van der Waals surface area contributed by atoms with Crippen LogP contribution in [0.1, 0.15) is 25.7 Å². The molecule has 0 aromatic rings. The van der Waals surface area contributed by atoms with Crippen LogP contribution in [0.15, 0.2) is 0 Å². The van der Waals surface area contributed by atoms with Crippen molar-refractivity contribution in [2.24, 2.45) is 5.92 Å². The molecule has 2 fully saturated rings. The molecule has 1 atom stereocenters. The summed E-state index contributed by atoms with van der Waals surface area (Å²) < 4.78 is 0. The zero-order valence-corrected chi connectivity index (χ0v) is 9.11. The topological polar surface area (TPSA) is 52.6 Å². The molecule has 0 radical (unpaired) electrons. The third kappa shape index (κ3) is 2.69. The minimum Gasteiger partial charge on any atom is -0.481 e. The summed E-state index contributed by atoms with van der Waals surface area (Å²) in [7, 11) is 0. The SMILES string of the molecule is O=C(O)C1CNCCN(C2CCCC2)C1. The quantitative estimate of drug-likeness (QED) is 0.701. The molecule has 2 rings (SSSR count). The van der Waals surface area contributed by atoms with Crippen molar-refractivity contribution in [2.75, 3.05) is 26.2 Å². The van der Waals surface area contributed by atoms with Crippen molar-refractivity contribution in [2.45, 2.75) is 31.7 Å². The van der Waals surface area contributed by atoms with Crippen LogP contribution in [-0.2, 0) is 4.79 Å². The van der Waals surface area contributed by atoms with Gasteiger partial charge in [0.15, 0.2) is 0 Å². The van der Waals surface area contributed by atoms with E-state index in [9.17, 15) is 4.79 Å². The molecular weight excluding hydrogens is 192 g/mol. The highest BCUT2D eigenvalue weighted by atomic mass is 16.4. The largest absolute Gasteiger partial charge is 0.481 e. The van der Waals surface area contributed by atoms with Crippen LogP contribution >= 0.6 is 0 Å². The van der Waals surface area contributed by atoms with Crippen LogP contribution in [-0.4, -0.2) is 48.2 Å². The molecule has 4 nitrogen and oxygen atoms in total. The summed E-state index contributed by atoms with van der Waals surface area (Å²) in [4.78, 5) is 13.4. The number of carbonyl (C=O) groups is 1. The Hall–Kier alpha value is -0.610. The lowest BCUT2D eigenvalue weighted by molar-refractivity contribution is -0.142. The second-order valence-electron chi connectivity index (χ2n) is 4.67. The van der Waals surface area contributed by atoms with Crippen LogP contribution in [0, 0.1) is 5.92 Å². The maximum Gasteiger partial charge on any atom is 0.309 e. The first-order valence-electron chi connectivity index (χ1n) is 5.95. The summed E-state index contributed by atoms with van der Waals surface area (Å²) in [5.74, 6) is -0.888. The van der Waals surface area contributed by atoms with Crippen molar-refractivity contribution in [3.63, 3.8) is 0 Å². The number of carboxylic acids is 1. The average Bonchev–Trinajstić information content (AvgIpc) is 2.62. The van der Waals surface area contributed by atoms with E-state index in [0.717, 1.165) is 19.6 Å². The first-order chi connectivity index (χ1) is 7.27. The fraction of sp³-hybridized carbons (Fsp3) is 0.909. The molecule has 4 heteroatoms. The second kappa shape index (κ2) is 4.94. The fourth-order valence-corrected chi connectivity index (χ4v) is 2.70. The standard InChI is InChI=1S/C11H20N2O2/c14-11(15)9-7-12-5-6-13(8-9)10-3-1-2-4-10/h9-10,12H,1-8H2,(H,14,15). The zero-order chi connectivity index (χ0) is 10.7. The predicted octanol–water partition coefficient (Wildman–Crippen LogP) is 0.535. The van der Waals surface area contributed by atoms with E-state index in [1.807, 2.05) is 0 Å². The van der Waals surface area contributed by atoms with Crippen LogP contribution in [0.5, 0.6) is 0 Å². The van der Waals surface area contributed by atoms with E-state index < -0.39 is 5.97 Å². The number of hydrogen-bond donors (Lipinski definition) is 2. The number of nitrogens with zero attached hydrogens (tertiary/aromatic N) is 1. The number of hydrogen-bond acceptors (Lipinski definition) is 3. The van der Waals surface area contributed by atoms with Gasteiger partial charge in [-0.3, -0.25) is 9.69 Å². The average molecular weight is 212 g/mol. The van der Waals surface area contributed by atoms with Crippen molar-refractivity contribution < 1.29 is 9.90 Å². The molecule has 0 amide bonds. The summed E-state index contributed by atoms with van der Waals surface area (Å²) in [6.07, 6.45) is 5.14. The molecule has 0 bridgehead atoms. The third-order valence-electron chi connectivity index (χ3n) is 3.61. The number of rotatable bonds is 2. The van der Waals surface area contributed by atoms with Gasteiger partial charge < -0.3 is 10.4 Å². The van der Waals surface area contributed by atoms with E-state index in [4.69, 9.17) is 5.11 Å². The lowest BCUT2D eigenvalue weighted by Crippen LogP contribution is -2.39. The summed E-state index contributed by atoms with van der Waals surface area (Å²) >= 11 is 0. The molecule has 1 unspecified atom stereocenters. The molecule has 0 aromatic carbocycles. The Balaban J connectivity index is 1.94. The molecular formula is C11H20N2O2. The zero-order valence-electron chi connectivity index (χ0n) is 9.11. The lowest BCUT2D eigenvalue weighted by atomic mass is 10.1. The molecule has 1 aliphatic carbocycles. The second-order valence-corrected chi connectivity index (χ2v) is 4.67. The van der Waals surface area contributed by atoms with Gasteiger partial charge in [0, 0.05) is 32.2 Å². The fourth-order valence-electron chi connectivity index (χ4n) is 2.70. The molecule has 1 saturated carbocycles. The van der Waals surface area contributed by atoms with E-state index in [2.05, 4.69) is 10.2 Å². The molecule has 1 saturated heterocycles. The summed E-state index contributed by atoms with van der Waals surface area (Å²) in [5, 5.41) is 12.3. The van der Waals surface area contributed by atoms with E-state index >= 15 is 0 Å². The number of nitrogens with one attached hydrogen (secondary N) is 1. The Morgan fingerprint density at radius 1 is 1.33 bits per heavy atom. The van der Waals surface area contributed by atoms with Crippen LogP contribution in [0.25, 0.3) is 0 Å².